The molecule has 4 nitrogen and oxygen atoms in total. The molecule has 0 fully saturated rings. The Morgan fingerprint density at radius 2 is 1.92 bits per heavy atom. The SMILES string of the molecule is COc1ccc2c(c1)[C@@H](C)CC(C)(C)N2C(=O)Nc1ccccc1. The fraction of sp³-hybridized carbons (Fsp3) is 0.350. The van der Waals surface area contributed by atoms with Gasteiger partial charge in [0.2, 0.25) is 0 Å². The Hall–Kier alpha value is -2.49. The topological polar surface area (TPSA) is 41.6 Å². The number of urea groups is 1. The first-order valence-corrected chi connectivity index (χ1v) is 8.26. The Balaban J connectivity index is 1.99. The summed E-state index contributed by atoms with van der Waals surface area (Å²) >= 11 is 0. The molecule has 1 N–H and O–H groups in total. The van der Waals surface area contributed by atoms with Gasteiger partial charge in [-0.25, -0.2) is 4.79 Å². The molecule has 0 unspecified atom stereocenters. The number of para-hydroxylation sites is 1. The minimum Gasteiger partial charge on any atom is -0.497 e. The van der Waals surface area contributed by atoms with Crippen molar-refractivity contribution in [2.24, 2.45) is 0 Å². The van der Waals surface area contributed by atoms with Crippen LogP contribution in [0.1, 0.15) is 38.7 Å². The number of fused-ring (bicyclic) bond motifs is 1. The number of hydrogen-bond acceptors (Lipinski definition) is 2. The van der Waals surface area contributed by atoms with Gasteiger partial charge in [-0.1, -0.05) is 25.1 Å². The number of anilines is 2. The molecule has 0 aliphatic carbocycles. The van der Waals surface area contributed by atoms with Gasteiger partial charge in [-0.15, -0.1) is 0 Å². The molecule has 126 valence electrons. The quantitative estimate of drug-likeness (QED) is 0.842. The molecular formula is C20H24N2O2. The predicted octanol–water partition coefficient (Wildman–Crippen LogP) is 5.02. The Bertz CT molecular complexity index is 741. The summed E-state index contributed by atoms with van der Waals surface area (Å²) in [5, 5.41) is 3.01. The van der Waals surface area contributed by atoms with Gasteiger partial charge in [-0.2, -0.15) is 0 Å². The van der Waals surface area contributed by atoms with E-state index in [1.54, 1.807) is 7.11 Å². The average Bonchev–Trinajstić information content (AvgIpc) is 2.54. The minimum atomic E-state index is -0.264. The van der Waals surface area contributed by atoms with Crippen molar-refractivity contribution in [2.45, 2.75) is 38.6 Å². The lowest BCUT2D eigenvalue weighted by molar-refractivity contribution is 0.247. The normalized spacial score (nSPS) is 18.7. The number of methoxy groups -OCH3 is 1. The summed E-state index contributed by atoms with van der Waals surface area (Å²) in [7, 11) is 1.67. The molecule has 3 rings (SSSR count). The van der Waals surface area contributed by atoms with Crippen molar-refractivity contribution in [2.75, 3.05) is 17.3 Å². The van der Waals surface area contributed by atoms with Crippen LogP contribution in [0.2, 0.25) is 0 Å². The lowest BCUT2D eigenvalue weighted by Crippen LogP contribution is -2.53. The Kier molecular flexibility index (Phi) is 4.22. The molecule has 0 spiro atoms. The van der Waals surface area contributed by atoms with E-state index in [1.165, 1.54) is 0 Å². The number of benzene rings is 2. The molecule has 0 bridgehead atoms. The lowest BCUT2D eigenvalue weighted by atomic mass is 9.80. The van der Waals surface area contributed by atoms with Gasteiger partial charge in [-0.3, -0.25) is 4.90 Å². The van der Waals surface area contributed by atoms with E-state index in [1.807, 2.05) is 53.4 Å². The van der Waals surface area contributed by atoms with Crippen LogP contribution < -0.4 is 15.0 Å². The van der Waals surface area contributed by atoms with Gasteiger partial charge in [0, 0.05) is 16.9 Å². The first-order valence-electron chi connectivity index (χ1n) is 8.26. The van der Waals surface area contributed by atoms with Gasteiger partial charge < -0.3 is 10.1 Å². The zero-order valence-corrected chi connectivity index (χ0v) is 14.7. The van der Waals surface area contributed by atoms with Gasteiger partial charge in [0.15, 0.2) is 0 Å². The largest absolute Gasteiger partial charge is 0.497 e. The van der Waals surface area contributed by atoms with Crippen LogP contribution in [0.4, 0.5) is 16.2 Å². The third-order valence-corrected chi connectivity index (χ3v) is 4.65. The Morgan fingerprint density at radius 3 is 2.58 bits per heavy atom. The number of nitrogens with one attached hydrogen (secondary N) is 1. The van der Waals surface area contributed by atoms with E-state index in [4.69, 9.17) is 4.74 Å². The van der Waals surface area contributed by atoms with Crippen LogP contribution in [0.3, 0.4) is 0 Å². The smallest absolute Gasteiger partial charge is 0.326 e. The monoisotopic (exact) mass is 324 g/mol. The Morgan fingerprint density at radius 1 is 1.21 bits per heavy atom. The zero-order chi connectivity index (χ0) is 17.3. The fourth-order valence-electron chi connectivity index (χ4n) is 3.62. The lowest BCUT2D eigenvalue weighted by Gasteiger charge is -2.45. The molecule has 0 saturated carbocycles. The van der Waals surface area contributed by atoms with E-state index in [9.17, 15) is 4.79 Å². The van der Waals surface area contributed by atoms with E-state index in [-0.39, 0.29) is 11.6 Å². The molecule has 0 radical (unpaired) electrons. The van der Waals surface area contributed by atoms with Crippen LogP contribution in [0.25, 0.3) is 0 Å². The van der Waals surface area contributed by atoms with Crippen molar-refractivity contribution in [3.63, 3.8) is 0 Å². The van der Waals surface area contributed by atoms with Crippen LogP contribution in [0, 0.1) is 0 Å². The molecule has 0 aromatic heterocycles. The van der Waals surface area contributed by atoms with Crippen molar-refractivity contribution >= 4 is 17.4 Å². The van der Waals surface area contributed by atoms with E-state index >= 15 is 0 Å². The van der Waals surface area contributed by atoms with E-state index in [0.29, 0.717) is 5.92 Å². The average molecular weight is 324 g/mol. The van der Waals surface area contributed by atoms with Gasteiger partial charge in [0.05, 0.1) is 7.11 Å². The summed E-state index contributed by atoms with van der Waals surface area (Å²) in [6, 6.07) is 15.4. The van der Waals surface area contributed by atoms with Gasteiger partial charge >= 0.3 is 6.03 Å². The van der Waals surface area contributed by atoms with Crippen LogP contribution in [0.5, 0.6) is 5.75 Å². The first-order chi connectivity index (χ1) is 11.4. The van der Waals surface area contributed by atoms with Gasteiger partial charge in [0.1, 0.15) is 5.75 Å². The molecule has 1 heterocycles. The van der Waals surface area contributed by atoms with Crippen molar-refractivity contribution in [3.8, 4) is 5.75 Å². The van der Waals surface area contributed by atoms with Gasteiger partial charge in [-0.05, 0) is 62.1 Å². The number of rotatable bonds is 2. The van der Waals surface area contributed by atoms with Crippen molar-refractivity contribution in [1.29, 1.82) is 0 Å². The maximum atomic E-state index is 13.0. The molecule has 2 aromatic carbocycles. The molecule has 1 aliphatic rings. The summed E-state index contributed by atoms with van der Waals surface area (Å²) in [6.45, 7) is 6.43. The summed E-state index contributed by atoms with van der Waals surface area (Å²) in [5.74, 6) is 1.19. The van der Waals surface area contributed by atoms with Gasteiger partial charge in [0.25, 0.3) is 0 Å². The third-order valence-electron chi connectivity index (χ3n) is 4.65. The number of ether oxygens (including phenoxy) is 1. The standard InChI is InChI=1S/C20H24N2O2/c1-14-13-20(2,3)22(18-11-10-16(24-4)12-17(14)18)19(23)21-15-8-6-5-7-9-15/h5-12,14H,13H2,1-4H3,(H,21,23)/t14-/m0/s1. The molecule has 2 aromatic rings. The molecule has 1 atom stereocenters. The second-order valence-corrected chi connectivity index (χ2v) is 6.97. The van der Waals surface area contributed by atoms with Crippen molar-refractivity contribution in [3.05, 3.63) is 54.1 Å². The van der Waals surface area contributed by atoms with E-state index < -0.39 is 0 Å². The predicted molar refractivity (Wildman–Crippen MR) is 98.0 cm³/mol. The highest BCUT2D eigenvalue weighted by atomic mass is 16.5. The molecule has 0 saturated heterocycles. The summed E-state index contributed by atoms with van der Waals surface area (Å²) < 4.78 is 5.35. The maximum absolute atomic E-state index is 13.0. The second-order valence-electron chi connectivity index (χ2n) is 6.97. The number of amides is 2. The van der Waals surface area contributed by atoms with Crippen molar-refractivity contribution < 1.29 is 9.53 Å². The third kappa shape index (κ3) is 2.96. The highest BCUT2D eigenvalue weighted by Gasteiger charge is 2.40. The summed E-state index contributed by atoms with van der Waals surface area (Å²) in [5.41, 5.74) is 2.64. The zero-order valence-electron chi connectivity index (χ0n) is 14.7. The van der Waals surface area contributed by atoms with Crippen LogP contribution in [-0.4, -0.2) is 18.7 Å². The highest BCUT2D eigenvalue weighted by Crippen LogP contribution is 2.44. The van der Waals surface area contributed by atoms with E-state index in [2.05, 4.69) is 26.1 Å². The molecule has 1 aliphatic heterocycles. The van der Waals surface area contributed by atoms with Crippen LogP contribution in [-0.2, 0) is 0 Å². The van der Waals surface area contributed by atoms with Crippen LogP contribution in [0.15, 0.2) is 48.5 Å². The molecule has 24 heavy (non-hydrogen) atoms. The fourth-order valence-corrected chi connectivity index (χ4v) is 3.62. The molecule has 4 heteroatoms. The summed E-state index contributed by atoms with van der Waals surface area (Å²) in [6.07, 6.45) is 0.898. The highest BCUT2D eigenvalue weighted by molar-refractivity contribution is 6.03. The van der Waals surface area contributed by atoms with Crippen LogP contribution >= 0.6 is 0 Å². The second kappa shape index (κ2) is 6.19. The van der Waals surface area contributed by atoms with E-state index in [0.717, 1.165) is 29.1 Å². The number of carbonyl (C=O) groups is 1. The maximum Gasteiger partial charge on any atom is 0.326 e. The number of nitrogens with zero attached hydrogens (tertiary/aromatic N) is 1. The summed E-state index contributed by atoms with van der Waals surface area (Å²) in [4.78, 5) is 14.9. The number of carbonyl (C=O) groups excluding carboxylic acids is 1. The first kappa shape index (κ1) is 16.4. The van der Waals surface area contributed by atoms with Crippen molar-refractivity contribution in [1.82, 2.24) is 0 Å². The molecule has 2 amide bonds. The number of hydrogen-bond donors (Lipinski definition) is 1. The molecular weight excluding hydrogens is 300 g/mol. The minimum absolute atomic E-state index is 0.107. The Labute approximate surface area is 143 Å².